The Morgan fingerprint density at radius 1 is 1.53 bits per heavy atom. The number of hydrogen-bond acceptors (Lipinski definition) is 2. The highest BCUT2D eigenvalue weighted by Gasteiger charge is 2.38. The second-order valence-electron chi connectivity index (χ2n) is 5.49. The molecule has 1 fully saturated rings. The molecule has 1 aliphatic rings. The van der Waals surface area contributed by atoms with Gasteiger partial charge in [-0.15, -0.1) is 0 Å². The molecule has 1 aromatic rings. The fourth-order valence-electron chi connectivity index (χ4n) is 2.86. The van der Waals surface area contributed by atoms with E-state index in [4.69, 9.17) is 0 Å². The molecule has 1 aromatic heterocycles. The molecule has 17 heavy (non-hydrogen) atoms. The molecule has 2 nitrogen and oxygen atoms in total. The minimum Gasteiger partial charge on any atom is -0.385 e. The van der Waals surface area contributed by atoms with Crippen molar-refractivity contribution in [3.05, 3.63) is 29.8 Å². The fourth-order valence-corrected chi connectivity index (χ4v) is 2.86. The Morgan fingerprint density at radius 3 is 2.94 bits per heavy atom. The van der Waals surface area contributed by atoms with E-state index in [1.807, 2.05) is 0 Å². The molecular weight excluding hydrogens is 217 g/mol. The standard InChI is InChI=1S/C14H20FNO/c1-10(2)11-4-3-6-14(17,8-11)12-5-7-16-9-13(12)15/h5,7,9-11,17H,3-4,6,8H2,1-2H3. The molecule has 0 bridgehead atoms. The largest absolute Gasteiger partial charge is 0.385 e. The lowest BCUT2D eigenvalue weighted by atomic mass is 9.71. The first kappa shape index (κ1) is 12.5. The van der Waals surface area contributed by atoms with E-state index in [1.54, 1.807) is 12.3 Å². The SMILES string of the molecule is CC(C)C1CCCC(O)(c2ccncc2F)C1. The van der Waals surface area contributed by atoms with Crippen LogP contribution in [0.15, 0.2) is 18.5 Å². The van der Waals surface area contributed by atoms with E-state index < -0.39 is 5.60 Å². The van der Waals surface area contributed by atoms with Crippen molar-refractivity contribution >= 4 is 0 Å². The average Bonchev–Trinajstić information content (AvgIpc) is 2.29. The van der Waals surface area contributed by atoms with Gasteiger partial charge in [-0.2, -0.15) is 0 Å². The molecule has 0 aromatic carbocycles. The van der Waals surface area contributed by atoms with E-state index in [0.717, 1.165) is 12.8 Å². The van der Waals surface area contributed by atoms with Gasteiger partial charge in [-0.3, -0.25) is 4.98 Å². The third-order valence-corrected chi connectivity index (χ3v) is 3.98. The van der Waals surface area contributed by atoms with Crippen LogP contribution in [0.5, 0.6) is 0 Å². The van der Waals surface area contributed by atoms with Crippen LogP contribution >= 0.6 is 0 Å². The zero-order chi connectivity index (χ0) is 12.5. The van der Waals surface area contributed by atoms with Crippen LogP contribution < -0.4 is 0 Å². The molecule has 0 spiro atoms. The number of aliphatic hydroxyl groups is 1. The van der Waals surface area contributed by atoms with Gasteiger partial charge in [-0.05, 0) is 43.6 Å². The quantitative estimate of drug-likeness (QED) is 0.856. The van der Waals surface area contributed by atoms with Crippen molar-refractivity contribution in [3.63, 3.8) is 0 Å². The number of rotatable bonds is 2. The number of pyridine rings is 1. The van der Waals surface area contributed by atoms with E-state index in [0.29, 0.717) is 30.2 Å². The molecule has 0 amide bonds. The van der Waals surface area contributed by atoms with Crippen molar-refractivity contribution in [3.8, 4) is 0 Å². The molecule has 2 unspecified atom stereocenters. The second kappa shape index (κ2) is 4.73. The molecule has 2 atom stereocenters. The Labute approximate surface area is 102 Å². The number of aromatic nitrogens is 1. The van der Waals surface area contributed by atoms with Crippen LogP contribution in [0.4, 0.5) is 4.39 Å². The van der Waals surface area contributed by atoms with Crippen molar-refractivity contribution in [2.24, 2.45) is 11.8 Å². The first-order valence-electron chi connectivity index (χ1n) is 6.35. The van der Waals surface area contributed by atoms with Gasteiger partial charge in [0, 0.05) is 11.8 Å². The minimum absolute atomic E-state index is 0.389. The molecule has 0 saturated heterocycles. The van der Waals surface area contributed by atoms with E-state index >= 15 is 0 Å². The van der Waals surface area contributed by atoms with Crippen LogP contribution in [0.1, 0.15) is 45.1 Å². The summed E-state index contributed by atoms with van der Waals surface area (Å²) in [6.45, 7) is 4.33. The molecule has 1 saturated carbocycles. The van der Waals surface area contributed by atoms with Crippen LogP contribution in [0.3, 0.4) is 0 Å². The Hall–Kier alpha value is -0.960. The minimum atomic E-state index is -1.000. The third-order valence-electron chi connectivity index (χ3n) is 3.98. The smallest absolute Gasteiger partial charge is 0.147 e. The van der Waals surface area contributed by atoms with E-state index in [9.17, 15) is 9.50 Å². The van der Waals surface area contributed by atoms with Gasteiger partial charge in [0.1, 0.15) is 5.82 Å². The Morgan fingerprint density at radius 2 is 2.29 bits per heavy atom. The molecule has 1 aliphatic carbocycles. The van der Waals surface area contributed by atoms with Crippen molar-refractivity contribution < 1.29 is 9.50 Å². The third kappa shape index (κ3) is 2.49. The van der Waals surface area contributed by atoms with Gasteiger partial charge in [-0.25, -0.2) is 4.39 Å². The summed E-state index contributed by atoms with van der Waals surface area (Å²) in [7, 11) is 0. The van der Waals surface area contributed by atoms with Gasteiger partial charge >= 0.3 is 0 Å². The summed E-state index contributed by atoms with van der Waals surface area (Å²) in [6.07, 6.45) is 6.14. The number of nitrogens with zero attached hydrogens (tertiary/aromatic N) is 1. The van der Waals surface area contributed by atoms with Gasteiger partial charge < -0.3 is 5.11 Å². The first-order chi connectivity index (χ1) is 8.03. The second-order valence-corrected chi connectivity index (χ2v) is 5.49. The predicted molar refractivity (Wildman–Crippen MR) is 64.9 cm³/mol. The summed E-state index contributed by atoms with van der Waals surface area (Å²) in [6, 6.07) is 1.61. The average molecular weight is 237 g/mol. The summed E-state index contributed by atoms with van der Waals surface area (Å²) in [5, 5.41) is 10.7. The maximum atomic E-state index is 13.7. The van der Waals surface area contributed by atoms with Gasteiger partial charge in [-0.1, -0.05) is 13.8 Å². The van der Waals surface area contributed by atoms with E-state index in [1.165, 1.54) is 6.20 Å². The van der Waals surface area contributed by atoms with E-state index in [-0.39, 0.29) is 5.82 Å². The normalized spacial score (nSPS) is 29.6. The van der Waals surface area contributed by atoms with Crippen LogP contribution in [0.2, 0.25) is 0 Å². The number of halogens is 1. The van der Waals surface area contributed by atoms with Crippen molar-refractivity contribution in [1.29, 1.82) is 0 Å². The lowest BCUT2D eigenvalue weighted by Gasteiger charge is -2.39. The maximum absolute atomic E-state index is 13.7. The van der Waals surface area contributed by atoms with Gasteiger partial charge in [0.05, 0.1) is 11.8 Å². The highest BCUT2D eigenvalue weighted by Crippen LogP contribution is 2.42. The summed E-state index contributed by atoms with van der Waals surface area (Å²) >= 11 is 0. The molecule has 1 heterocycles. The number of hydrogen-bond donors (Lipinski definition) is 1. The molecule has 94 valence electrons. The van der Waals surface area contributed by atoms with Gasteiger partial charge in [0.2, 0.25) is 0 Å². The van der Waals surface area contributed by atoms with Crippen molar-refractivity contribution in [1.82, 2.24) is 4.98 Å². The highest BCUT2D eigenvalue weighted by molar-refractivity contribution is 5.22. The lowest BCUT2D eigenvalue weighted by Crippen LogP contribution is -2.35. The molecule has 2 rings (SSSR count). The predicted octanol–water partition coefficient (Wildman–Crippen LogP) is 3.25. The van der Waals surface area contributed by atoms with Gasteiger partial charge in [0.15, 0.2) is 0 Å². The Bertz CT molecular complexity index is 394. The molecular formula is C14H20FNO. The molecule has 0 aliphatic heterocycles. The lowest BCUT2D eigenvalue weighted by molar-refractivity contribution is -0.0322. The molecule has 1 N–H and O–H groups in total. The monoisotopic (exact) mass is 237 g/mol. The van der Waals surface area contributed by atoms with Crippen LogP contribution in [-0.4, -0.2) is 10.1 Å². The van der Waals surface area contributed by atoms with Crippen LogP contribution in [0, 0.1) is 17.7 Å². The molecule has 0 radical (unpaired) electrons. The van der Waals surface area contributed by atoms with Crippen molar-refractivity contribution in [2.45, 2.75) is 45.1 Å². The Balaban J connectivity index is 2.27. The first-order valence-corrected chi connectivity index (χ1v) is 6.35. The summed E-state index contributed by atoms with van der Waals surface area (Å²) in [4.78, 5) is 3.74. The Kier molecular flexibility index (Phi) is 3.48. The van der Waals surface area contributed by atoms with Gasteiger partial charge in [0.25, 0.3) is 0 Å². The highest BCUT2D eigenvalue weighted by atomic mass is 19.1. The van der Waals surface area contributed by atoms with Crippen LogP contribution in [-0.2, 0) is 5.60 Å². The summed E-state index contributed by atoms with van der Waals surface area (Å²) < 4.78 is 13.7. The van der Waals surface area contributed by atoms with Crippen LogP contribution in [0.25, 0.3) is 0 Å². The molecule has 3 heteroatoms. The van der Waals surface area contributed by atoms with Crippen molar-refractivity contribution in [2.75, 3.05) is 0 Å². The summed E-state index contributed by atoms with van der Waals surface area (Å²) in [5.41, 5.74) is -0.585. The topological polar surface area (TPSA) is 33.1 Å². The zero-order valence-electron chi connectivity index (χ0n) is 10.5. The van der Waals surface area contributed by atoms with E-state index in [2.05, 4.69) is 18.8 Å². The zero-order valence-corrected chi connectivity index (χ0v) is 10.5. The maximum Gasteiger partial charge on any atom is 0.147 e. The summed E-state index contributed by atoms with van der Waals surface area (Å²) in [5.74, 6) is 0.618. The fraction of sp³-hybridized carbons (Fsp3) is 0.643.